The minimum Gasteiger partial charge on any atom is -0.496 e. The first-order valence-electron chi connectivity index (χ1n) is 7.83. The third-order valence-corrected chi connectivity index (χ3v) is 5.31. The summed E-state index contributed by atoms with van der Waals surface area (Å²) in [5.74, 6) is -0.133. The Kier molecular flexibility index (Phi) is 5.43. The van der Waals surface area contributed by atoms with E-state index >= 15 is 0 Å². The number of aromatic nitrogens is 1. The van der Waals surface area contributed by atoms with Gasteiger partial charge in [-0.3, -0.25) is 9.52 Å². The lowest BCUT2D eigenvalue weighted by Gasteiger charge is -2.13. The first kappa shape index (κ1) is 18.9. The fraction of sp³-hybridized carbons (Fsp3) is 0.0526. The summed E-state index contributed by atoms with van der Waals surface area (Å²) in [7, 11) is -2.47. The zero-order valence-electron chi connectivity index (χ0n) is 14.2. The van der Waals surface area contributed by atoms with Gasteiger partial charge in [0.1, 0.15) is 11.4 Å². The summed E-state index contributed by atoms with van der Waals surface area (Å²) >= 11 is 5.97. The Hall–Kier alpha value is -2.90. The molecule has 3 rings (SSSR count). The maximum atomic E-state index is 13.0. The second-order valence-electron chi connectivity index (χ2n) is 5.50. The number of nitrogens with zero attached hydrogens (tertiary/aromatic N) is 1. The molecule has 0 fully saturated rings. The van der Waals surface area contributed by atoms with Gasteiger partial charge in [-0.15, -0.1) is 0 Å². The molecule has 0 bridgehead atoms. The predicted octanol–water partition coefficient (Wildman–Crippen LogP) is 3.78. The molecule has 27 heavy (non-hydrogen) atoms. The number of hydrogen-bond donors (Lipinski definition) is 1. The molecule has 1 aromatic heterocycles. The van der Waals surface area contributed by atoms with Gasteiger partial charge in [0.2, 0.25) is 5.78 Å². The number of carbonyl (C=O) groups is 1. The molecule has 8 heteroatoms. The van der Waals surface area contributed by atoms with Crippen LogP contribution in [0.15, 0.2) is 71.8 Å². The third-order valence-electron chi connectivity index (χ3n) is 3.72. The minimum absolute atomic E-state index is 0.0118. The summed E-state index contributed by atoms with van der Waals surface area (Å²) in [5, 5.41) is 0.192. The van der Waals surface area contributed by atoms with Gasteiger partial charge in [-0.25, -0.2) is 13.4 Å². The van der Waals surface area contributed by atoms with Crippen LogP contribution in [0, 0.1) is 0 Å². The van der Waals surface area contributed by atoms with Gasteiger partial charge in [-0.1, -0.05) is 41.9 Å². The molecule has 138 valence electrons. The average Bonchev–Trinajstić information content (AvgIpc) is 2.68. The normalized spacial score (nSPS) is 11.0. The molecule has 0 saturated heterocycles. The maximum absolute atomic E-state index is 13.0. The molecule has 6 nitrogen and oxygen atoms in total. The highest BCUT2D eigenvalue weighted by Crippen LogP contribution is 2.27. The van der Waals surface area contributed by atoms with Crippen molar-refractivity contribution in [2.24, 2.45) is 0 Å². The van der Waals surface area contributed by atoms with Crippen LogP contribution in [0.1, 0.15) is 16.1 Å². The van der Waals surface area contributed by atoms with E-state index in [9.17, 15) is 13.2 Å². The van der Waals surface area contributed by atoms with Crippen LogP contribution in [0.5, 0.6) is 5.75 Å². The fourth-order valence-electron chi connectivity index (χ4n) is 2.46. The first-order valence-corrected chi connectivity index (χ1v) is 9.69. The van der Waals surface area contributed by atoms with Crippen LogP contribution in [0.2, 0.25) is 5.02 Å². The molecular weight excluding hydrogens is 388 g/mol. The molecule has 0 saturated carbocycles. The summed E-state index contributed by atoms with van der Waals surface area (Å²) < 4.78 is 32.9. The van der Waals surface area contributed by atoms with Gasteiger partial charge in [-0.2, -0.15) is 0 Å². The van der Waals surface area contributed by atoms with Crippen molar-refractivity contribution >= 4 is 33.1 Å². The van der Waals surface area contributed by atoms with E-state index in [1.807, 2.05) is 0 Å². The number of halogens is 1. The van der Waals surface area contributed by atoms with Gasteiger partial charge < -0.3 is 4.74 Å². The van der Waals surface area contributed by atoms with Crippen LogP contribution in [0.4, 0.5) is 5.69 Å². The van der Waals surface area contributed by atoms with Crippen LogP contribution in [-0.4, -0.2) is 26.3 Å². The lowest BCUT2D eigenvalue weighted by molar-refractivity contribution is 0.103. The highest BCUT2D eigenvalue weighted by atomic mass is 35.5. The van der Waals surface area contributed by atoms with Gasteiger partial charge in [0.25, 0.3) is 10.0 Å². The van der Waals surface area contributed by atoms with Crippen molar-refractivity contribution in [3.63, 3.8) is 0 Å². The Morgan fingerprint density at radius 1 is 1.07 bits per heavy atom. The molecule has 0 aliphatic rings. The van der Waals surface area contributed by atoms with E-state index in [0.29, 0.717) is 5.75 Å². The van der Waals surface area contributed by atoms with E-state index in [-0.39, 0.29) is 26.9 Å². The van der Waals surface area contributed by atoms with E-state index in [1.165, 1.54) is 31.5 Å². The second-order valence-corrected chi connectivity index (χ2v) is 7.62. The van der Waals surface area contributed by atoms with Crippen molar-refractivity contribution in [1.82, 2.24) is 4.98 Å². The largest absolute Gasteiger partial charge is 0.496 e. The van der Waals surface area contributed by atoms with E-state index in [1.54, 1.807) is 42.5 Å². The zero-order chi connectivity index (χ0) is 19.4. The number of anilines is 1. The minimum atomic E-state index is -3.92. The quantitative estimate of drug-likeness (QED) is 0.634. The predicted molar refractivity (Wildman–Crippen MR) is 103 cm³/mol. The number of pyridine rings is 1. The smallest absolute Gasteiger partial charge is 0.261 e. The summed E-state index contributed by atoms with van der Waals surface area (Å²) in [6, 6.07) is 15.8. The Morgan fingerprint density at radius 2 is 1.74 bits per heavy atom. The van der Waals surface area contributed by atoms with E-state index in [2.05, 4.69) is 9.71 Å². The van der Waals surface area contributed by atoms with Crippen LogP contribution < -0.4 is 9.46 Å². The third kappa shape index (κ3) is 4.10. The standard InChI is InChI=1S/C19H15ClN2O4S/c1-26-17-10-6-5-9-15(17)19(23)18-16(11-13(20)12-21-18)22-27(24,25)14-7-3-2-4-8-14/h2-12,22H,1H3. The van der Waals surface area contributed by atoms with Crippen LogP contribution in [0.25, 0.3) is 0 Å². The van der Waals surface area contributed by atoms with E-state index in [4.69, 9.17) is 16.3 Å². The van der Waals surface area contributed by atoms with Crippen molar-refractivity contribution < 1.29 is 17.9 Å². The highest BCUT2D eigenvalue weighted by molar-refractivity contribution is 7.92. The molecule has 0 unspecified atom stereocenters. The zero-order valence-corrected chi connectivity index (χ0v) is 15.8. The number of nitrogens with one attached hydrogen (secondary N) is 1. The highest BCUT2D eigenvalue weighted by Gasteiger charge is 2.23. The molecule has 1 heterocycles. The molecule has 0 radical (unpaired) electrons. The number of benzene rings is 2. The van der Waals surface area contributed by atoms with Crippen LogP contribution in [0.3, 0.4) is 0 Å². The number of ketones is 1. The van der Waals surface area contributed by atoms with Crippen LogP contribution >= 0.6 is 11.6 Å². The number of carbonyl (C=O) groups excluding carboxylic acids is 1. The molecule has 0 amide bonds. The number of ether oxygens (including phenoxy) is 1. The molecule has 0 spiro atoms. The summed E-state index contributed by atoms with van der Waals surface area (Å²) in [6.07, 6.45) is 1.28. The number of sulfonamides is 1. The fourth-order valence-corrected chi connectivity index (χ4v) is 3.70. The second kappa shape index (κ2) is 7.77. The Morgan fingerprint density at radius 3 is 2.44 bits per heavy atom. The maximum Gasteiger partial charge on any atom is 0.261 e. The van der Waals surface area contributed by atoms with Crippen molar-refractivity contribution in [2.75, 3.05) is 11.8 Å². The number of methoxy groups -OCH3 is 1. The van der Waals surface area contributed by atoms with Gasteiger partial charge >= 0.3 is 0 Å². The monoisotopic (exact) mass is 402 g/mol. The van der Waals surface area contributed by atoms with E-state index < -0.39 is 15.8 Å². The summed E-state index contributed by atoms with van der Waals surface area (Å²) in [6.45, 7) is 0. The topological polar surface area (TPSA) is 85.4 Å². The lowest BCUT2D eigenvalue weighted by Crippen LogP contribution is -2.17. The number of para-hydroxylation sites is 1. The molecule has 0 atom stereocenters. The molecule has 1 N–H and O–H groups in total. The molecule has 3 aromatic rings. The number of hydrogen-bond acceptors (Lipinski definition) is 5. The Labute approximate surface area is 161 Å². The van der Waals surface area contributed by atoms with Crippen molar-refractivity contribution in [2.45, 2.75) is 4.90 Å². The first-order chi connectivity index (χ1) is 12.9. The summed E-state index contributed by atoms with van der Waals surface area (Å²) in [5.41, 5.74) is 0.167. The van der Waals surface area contributed by atoms with Crippen molar-refractivity contribution in [3.8, 4) is 5.75 Å². The van der Waals surface area contributed by atoms with Crippen LogP contribution in [-0.2, 0) is 10.0 Å². The lowest BCUT2D eigenvalue weighted by atomic mass is 10.1. The van der Waals surface area contributed by atoms with Gasteiger partial charge in [0.15, 0.2) is 0 Å². The number of rotatable bonds is 6. The van der Waals surface area contributed by atoms with Gasteiger partial charge in [-0.05, 0) is 30.3 Å². The Bertz CT molecular complexity index is 1090. The SMILES string of the molecule is COc1ccccc1C(=O)c1ncc(Cl)cc1NS(=O)(=O)c1ccccc1. The van der Waals surface area contributed by atoms with E-state index in [0.717, 1.165) is 0 Å². The molecule has 0 aliphatic carbocycles. The van der Waals surface area contributed by atoms with Crippen molar-refractivity contribution in [1.29, 1.82) is 0 Å². The van der Waals surface area contributed by atoms with Gasteiger partial charge in [0, 0.05) is 6.20 Å². The average molecular weight is 403 g/mol. The molecule has 0 aliphatic heterocycles. The van der Waals surface area contributed by atoms with Crippen molar-refractivity contribution in [3.05, 3.63) is 83.1 Å². The summed E-state index contributed by atoms with van der Waals surface area (Å²) in [4.78, 5) is 17.1. The molecule has 2 aromatic carbocycles. The Balaban J connectivity index is 2.05. The molecular formula is C19H15ClN2O4S. The van der Waals surface area contributed by atoms with Gasteiger partial charge in [0.05, 0.1) is 28.3 Å².